The number of anilines is 1. The molecule has 7 nitrogen and oxygen atoms in total. The first kappa shape index (κ1) is 31.2. The molecule has 0 amide bonds. The van der Waals surface area contributed by atoms with Crippen molar-refractivity contribution in [3.8, 4) is 0 Å². The fraction of sp³-hybridized carbons (Fsp3) is 0.378. The SMILES string of the molecule is O=C(CCC1CCN(Cc2ccccc2)CC1)c1ccc2c3c1CCCC3CN2Cc1ccccc1.O=C(O)/C=C/C(=O)O. The van der Waals surface area contributed by atoms with Crippen molar-refractivity contribution in [2.24, 2.45) is 5.92 Å². The number of carbonyl (C=O) groups excluding carboxylic acids is 1. The van der Waals surface area contributed by atoms with Gasteiger partial charge in [-0.2, -0.15) is 0 Å². The highest BCUT2D eigenvalue weighted by Crippen LogP contribution is 2.46. The van der Waals surface area contributed by atoms with Crippen LogP contribution in [0.2, 0.25) is 0 Å². The normalized spacial score (nSPS) is 18.0. The van der Waals surface area contributed by atoms with Crippen LogP contribution in [0.25, 0.3) is 0 Å². The summed E-state index contributed by atoms with van der Waals surface area (Å²) in [5, 5.41) is 15.6. The first-order chi connectivity index (χ1) is 21.4. The number of nitrogens with zero attached hydrogens (tertiary/aromatic N) is 2. The van der Waals surface area contributed by atoms with Gasteiger partial charge in [0.15, 0.2) is 5.78 Å². The van der Waals surface area contributed by atoms with Crippen molar-refractivity contribution in [3.63, 3.8) is 0 Å². The maximum Gasteiger partial charge on any atom is 0.328 e. The lowest BCUT2D eigenvalue weighted by molar-refractivity contribution is -0.134. The maximum absolute atomic E-state index is 13.5. The van der Waals surface area contributed by atoms with Crippen molar-refractivity contribution >= 4 is 23.4 Å². The second-order valence-corrected chi connectivity index (χ2v) is 12.2. The van der Waals surface area contributed by atoms with Gasteiger partial charge in [-0.1, -0.05) is 60.7 Å². The Balaban J connectivity index is 0.000000426. The molecule has 7 heteroatoms. The number of aliphatic carboxylic acids is 2. The molecule has 44 heavy (non-hydrogen) atoms. The Morgan fingerprint density at radius 1 is 0.773 bits per heavy atom. The third-order valence-corrected chi connectivity index (χ3v) is 9.12. The number of carboxylic acid groups (broad SMARTS) is 2. The molecule has 6 rings (SSSR count). The molecule has 1 atom stereocenters. The standard InChI is InChI=1S/C33H38N2O.C4H4O4/c36-32(17-14-25-18-20-34(21-19-25)22-26-8-3-1-4-9-26)29-15-16-31-33-28(12-7-13-30(29)33)24-35(31)23-27-10-5-2-6-11-27;5-3(6)1-2-4(7)8/h1-6,8-11,15-16,25,28H,7,12-14,17-24H2;1-2H,(H,5,6)(H,7,8)/b;2-1+. The highest BCUT2D eigenvalue weighted by Gasteiger charge is 2.35. The van der Waals surface area contributed by atoms with Gasteiger partial charge in [0, 0.05) is 55.4 Å². The molecule has 1 unspecified atom stereocenters. The number of Topliss-reactive ketones (excluding diaryl/α,β-unsaturated/α-hetero) is 1. The van der Waals surface area contributed by atoms with Crippen LogP contribution >= 0.6 is 0 Å². The maximum atomic E-state index is 13.5. The molecule has 230 valence electrons. The van der Waals surface area contributed by atoms with E-state index in [4.69, 9.17) is 10.2 Å². The molecular formula is C37H42N2O5. The summed E-state index contributed by atoms with van der Waals surface area (Å²) in [6, 6.07) is 26.0. The van der Waals surface area contributed by atoms with E-state index in [0.717, 1.165) is 51.1 Å². The Bertz CT molecular complexity index is 1450. The van der Waals surface area contributed by atoms with Crippen LogP contribution in [0.5, 0.6) is 0 Å². The molecule has 0 aromatic heterocycles. The molecule has 1 fully saturated rings. The van der Waals surface area contributed by atoms with Gasteiger partial charge in [-0.05, 0) is 91.9 Å². The Morgan fingerprint density at radius 2 is 1.39 bits per heavy atom. The van der Waals surface area contributed by atoms with Crippen molar-refractivity contribution in [2.75, 3.05) is 24.5 Å². The molecule has 0 spiro atoms. The summed E-state index contributed by atoms with van der Waals surface area (Å²) in [6.07, 6.45) is 8.82. The third-order valence-electron chi connectivity index (χ3n) is 9.12. The number of hydrogen-bond acceptors (Lipinski definition) is 5. The van der Waals surface area contributed by atoms with Crippen LogP contribution in [-0.4, -0.2) is 52.5 Å². The lowest BCUT2D eigenvalue weighted by Crippen LogP contribution is -2.33. The van der Waals surface area contributed by atoms with Gasteiger partial charge in [0.05, 0.1) is 0 Å². The van der Waals surface area contributed by atoms with E-state index in [1.807, 2.05) is 0 Å². The van der Waals surface area contributed by atoms with Gasteiger partial charge in [-0.3, -0.25) is 9.69 Å². The molecule has 0 saturated carbocycles. The number of carboxylic acids is 2. The zero-order valence-electron chi connectivity index (χ0n) is 25.2. The minimum Gasteiger partial charge on any atom is -0.478 e. The second-order valence-electron chi connectivity index (χ2n) is 12.2. The monoisotopic (exact) mass is 594 g/mol. The van der Waals surface area contributed by atoms with Crippen LogP contribution in [0.3, 0.4) is 0 Å². The van der Waals surface area contributed by atoms with Crippen molar-refractivity contribution < 1.29 is 24.6 Å². The fourth-order valence-electron chi connectivity index (χ4n) is 6.97. The minimum atomic E-state index is -1.26. The van der Waals surface area contributed by atoms with Crippen LogP contribution in [0.4, 0.5) is 5.69 Å². The molecule has 2 aliphatic heterocycles. The summed E-state index contributed by atoms with van der Waals surface area (Å²) in [7, 11) is 0. The lowest BCUT2D eigenvalue weighted by atomic mass is 9.80. The van der Waals surface area contributed by atoms with Gasteiger partial charge >= 0.3 is 11.9 Å². The van der Waals surface area contributed by atoms with Gasteiger partial charge in [0.1, 0.15) is 0 Å². The van der Waals surface area contributed by atoms with Crippen LogP contribution < -0.4 is 4.90 Å². The second kappa shape index (κ2) is 15.0. The molecule has 1 aliphatic carbocycles. The summed E-state index contributed by atoms with van der Waals surface area (Å²) < 4.78 is 0. The van der Waals surface area contributed by atoms with Gasteiger partial charge in [0.25, 0.3) is 0 Å². The predicted molar refractivity (Wildman–Crippen MR) is 172 cm³/mol. The number of rotatable bonds is 10. The van der Waals surface area contributed by atoms with Gasteiger partial charge < -0.3 is 15.1 Å². The van der Waals surface area contributed by atoms with E-state index in [1.165, 1.54) is 53.6 Å². The number of likely N-dealkylation sites (tertiary alicyclic amines) is 1. The van der Waals surface area contributed by atoms with Gasteiger partial charge in [-0.15, -0.1) is 0 Å². The van der Waals surface area contributed by atoms with Crippen LogP contribution in [0.1, 0.15) is 77.1 Å². The Hall–Kier alpha value is -4.23. The summed E-state index contributed by atoms with van der Waals surface area (Å²) in [4.78, 5) is 37.7. The Kier molecular flexibility index (Phi) is 10.6. The smallest absolute Gasteiger partial charge is 0.328 e. The quantitative estimate of drug-likeness (QED) is 0.199. The van der Waals surface area contributed by atoms with E-state index >= 15 is 0 Å². The van der Waals surface area contributed by atoms with E-state index in [0.29, 0.717) is 36.2 Å². The number of benzene rings is 3. The molecule has 2 N–H and O–H groups in total. The summed E-state index contributed by atoms with van der Waals surface area (Å²) in [6.45, 7) is 5.40. The predicted octanol–water partition coefficient (Wildman–Crippen LogP) is 6.71. The first-order valence-corrected chi connectivity index (χ1v) is 15.8. The average molecular weight is 595 g/mol. The van der Waals surface area contributed by atoms with E-state index in [9.17, 15) is 14.4 Å². The zero-order chi connectivity index (χ0) is 30.9. The number of ketones is 1. The molecule has 3 aromatic carbocycles. The van der Waals surface area contributed by atoms with E-state index in [2.05, 4.69) is 82.6 Å². The lowest BCUT2D eigenvalue weighted by Gasteiger charge is -2.32. The number of hydrogen-bond donors (Lipinski definition) is 2. The highest BCUT2D eigenvalue weighted by atomic mass is 16.4. The summed E-state index contributed by atoms with van der Waals surface area (Å²) in [5.74, 6) is -0.864. The molecule has 0 bridgehead atoms. The van der Waals surface area contributed by atoms with Crippen molar-refractivity contribution in [2.45, 2.75) is 64.0 Å². The molecule has 3 aromatic rings. The largest absolute Gasteiger partial charge is 0.478 e. The summed E-state index contributed by atoms with van der Waals surface area (Å²) in [5.41, 5.74) is 8.04. The average Bonchev–Trinajstić information content (AvgIpc) is 3.39. The minimum absolute atomic E-state index is 0.377. The van der Waals surface area contributed by atoms with Crippen LogP contribution in [-0.2, 0) is 29.1 Å². The third kappa shape index (κ3) is 8.23. The molecule has 2 heterocycles. The van der Waals surface area contributed by atoms with Crippen LogP contribution in [0.15, 0.2) is 84.9 Å². The topological polar surface area (TPSA) is 98.2 Å². The van der Waals surface area contributed by atoms with Crippen LogP contribution in [0, 0.1) is 5.92 Å². The van der Waals surface area contributed by atoms with Crippen molar-refractivity contribution in [1.82, 2.24) is 4.90 Å². The zero-order valence-corrected chi connectivity index (χ0v) is 25.2. The van der Waals surface area contributed by atoms with Gasteiger partial charge in [0.2, 0.25) is 0 Å². The molecule has 1 saturated heterocycles. The Morgan fingerprint density at radius 3 is 2.00 bits per heavy atom. The first-order valence-electron chi connectivity index (χ1n) is 15.8. The van der Waals surface area contributed by atoms with Crippen molar-refractivity contribution in [1.29, 1.82) is 0 Å². The molecule has 3 aliphatic rings. The van der Waals surface area contributed by atoms with E-state index in [1.54, 1.807) is 0 Å². The van der Waals surface area contributed by atoms with Gasteiger partial charge in [-0.25, -0.2) is 9.59 Å². The molecule has 0 radical (unpaired) electrons. The number of carbonyl (C=O) groups is 3. The fourth-order valence-corrected chi connectivity index (χ4v) is 6.97. The van der Waals surface area contributed by atoms with E-state index in [-0.39, 0.29) is 0 Å². The summed E-state index contributed by atoms with van der Waals surface area (Å²) >= 11 is 0. The van der Waals surface area contributed by atoms with Crippen molar-refractivity contribution in [3.05, 3.63) is 113 Å². The Labute approximate surface area is 259 Å². The molecular weight excluding hydrogens is 552 g/mol. The number of piperidine rings is 1. The highest BCUT2D eigenvalue weighted by molar-refractivity contribution is 5.99. The van der Waals surface area contributed by atoms with E-state index < -0.39 is 11.9 Å².